The van der Waals surface area contributed by atoms with Crippen molar-refractivity contribution in [2.75, 3.05) is 19.4 Å². The molecular weight excluding hydrogens is 565 g/mol. The molecule has 1 saturated heterocycles. The molecule has 11 heteroatoms. The lowest BCUT2D eigenvalue weighted by Gasteiger charge is -2.24. The molecule has 0 aliphatic carbocycles. The number of imide groups is 1. The number of carbonyl (C=O) groups excluding carboxylic acids is 2. The molecule has 1 aliphatic rings. The number of nitrogen functional groups attached to an aromatic ring is 1. The van der Waals surface area contributed by atoms with Gasteiger partial charge in [-0.3, -0.25) is 14.5 Å². The number of halogens is 2. The van der Waals surface area contributed by atoms with Crippen molar-refractivity contribution in [1.29, 1.82) is 0 Å². The van der Waals surface area contributed by atoms with Crippen LogP contribution >= 0.6 is 11.6 Å². The molecule has 0 radical (unpaired) electrons. The van der Waals surface area contributed by atoms with Crippen LogP contribution in [0.5, 0.6) is 11.5 Å². The molecule has 0 spiro atoms. The quantitative estimate of drug-likeness (QED) is 0.239. The molecule has 3 aromatic carbocycles. The van der Waals surface area contributed by atoms with E-state index >= 15 is 0 Å². The summed E-state index contributed by atoms with van der Waals surface area (Å²) < 4.78 is 18.8. The number of ether oxygens (including phenoxy) is 1. The van der Waals surface area contributed by atoms with Crippen LogP contribution in [0.3, 0.4) is 0 Å². The highest BCUT2D eigenvalue weighted by Crippen LogP contribution is 2.30. The minimum atomic E-state index is -1.14. The third kappa shape index (κ3) is 7.44. The Balaban J connectivity index is 1.59. The molecule has 1 aliphatic heterocycles. The van der Waals surface area contributed by atoms with Gasteiger partial charge in [-0.25, -0.2) is 9.18 Å². The second-order valence-corrected chi connectivity index (χ2v) is 10.6. The predicted molar refractivity (Wildman–Crippen MR) is 156 cm³/mol. The summed E-state index contributed by atoms with van der Waals surface area (Å²) in [4.78, 5) is 45.5. The van der Waals surface area contributed by atoms with Crippen molar-refractivity contribution in [3.05, 3.63) is 88.2 Å². The third-order valence-corrected chi connectivity index (χ3v) is 7.43. The average Bonchev–Trinajstić information content (AvgIpc) is 3.11. The minimum Gasteiger partial charge on any atom is -0.496 e. The molecule has 2 atom stereocenters. The first-order valence-electron chi connectivity index (χ1n) is 13.3. The van der Waals surface area contributed by atoms with Crippen LogP contribution in [-0.2, 0) is 16.0 Å². The molecule has 1 heterocycles. The van der Waals surface area contributed by atoms with E-state index in [1.54, 1.807) is 31.2 Å². The molecule has 3 aromatic rings. The number of likely N-dealkylation sites (tertiary alicyclic amines) is 1. The van der Waals surface area contributed by atoms with Crippen LogP contribution in [0.4, 0.5) is 10.1 Å². The number of oxime groups is 1. The SMILES string of the molecule is COc1ccc(Cl)cc1CC1CC/C(=N\Oc2ccc(F)cc2)CN(C(=O)C[C@H](C)c2ccc(C(=O)O)c(N)c2)C1=O. The topological polar surface area (TPSA) is 132 Å². The number of carbonyl (C=O) groups is 3. The Morgan fingerprint density at radius 1 is 1.17 bits per heavy atom. The fraction of sp³-hybridized carbons (Fsp3) is 0.290. The van der Waals surface area contributed by atoms with Crippen LogP contribution in [0.25, 0.3) is 0 Å². The number of nitrogens with two attached hydrogens (primary N) is 1. The lowest BCUT2D eigenvalue weighted by Crippen LogP contribution is -2.42. The number of hydrogen-bond donors (Lipinski definition) is 2. The number of benzene rings is 3. The Kier molecular flexibility index (Phi) is 9.80. The van der Waals surface area contributed by atoms with Crippen molar-refractivity contribution in [1.82, 2.24) is 4.90 Å². The van der Waals surface area contributed by atoms with Gasteiger partial charge in [0.15, 0.2) is 5.75 Å². The summed E-state index contributed by atoms with van der Waals surface area (Å²) >= 11 is 6.22. The highest BCUT2D eigenvalue weighted by Gasteiger charge is 2.34. The summed E-state index contributed by atoms with van der Waals surface area (Å²) in [5, 5.41) is 14.0. The zero-order valence-electron chi connectivity index (χ0n) is 23.2. The van der Waals surface area contributed by atoms with Gasteiger partial charge in [0.2, 0.25) is 11.8 Å². The van der Waals surface area contributed by atoms with E-state index in [9.17, 15) is 23.9 Å². The number of rotatable bonds is 9. The van der Waals surface area contributed by atoms with Crippen molar-refractivity contribution < 1.29 is 33.5 Å². The van der Waals surface area contributed by atoms with Crippen LogP contribution in [0.15, 0.2) is 65.8 Å². The predicted octanol–water partition coefficient (Wildman–Crippen LogP) is 5.70. The molecule has 0 bridgehead atoms. The van der Waals surface area contributed by atoms with Crippen molar-refractivity contribution >= 4 is 40.8 Å². The number of hydrogen-bond acceptors (Lipinski definition) is 7. The van der Waals surface area contributed by atoms with E-state index in [2.05, 4.69) is 5.16 Å². The number of aromatic carboxylic acids is 1. The van der Waals surface area contributed by atoms with Gasteiger partial charge < -0.3 is 20.4 Å². The summed E-state index contributed by atoms with van der Waals surface area (Å²) in [6.45, 7) is 1.73. The van der Waals surface area contributed by atoms with E-state index in [0.717, 1.165) is 5.56 Å². The van der Waals surface area contributed by atoms with Gasteiger partial charge in [0.1, 0.15) is 11.6 Å². The average molecular weight is 596 g/mol. The Bertz CT molecular complexity index is 1510. The fourth-order valence-corrected chi connectivity index (χ4v) is 5.05. The molecular formula is C31H31ClFN3O6. The molecule has 9 nitrogen and oxygen atoms in total. The van der Waals surface area contributed by atoms with Gasteiger partial charge in [-0.15, -0.1) is 0 Å². The van der Waals surface area contributed by atoms with Gasteiger partial charge in [0.25, 0.3) is 0 Å². The van der Waals surface area contributed by atoms with Crippen LogP contribution in [-0.4, -0.2) is 47.2 Å². The molecule has 42 heavy (non-hydrogen) atoms. The summed E-state index contributed by atoms with van der Waals surface area (Å²) in [7, 11) is 1.53. The highest BCUT2D eigenvalue weighted by molar-refractivity contribution is 6.30. The summed E-state index contributed by atoms with van der Waals surface area (Å²) in [6.07, 6.45) is 1.04. The van der Waals surface area contributed by atoms with E-state index in [1.807, 2.05) is 0 Å². The Morgan fingerprint density at radius 3 is 2.57 bits per heavy atom. The number of nitrogens with zero attached hydrogens (tertiary/aromatic N) is 2. The van der Waals surface area contributed by atoms with Crippen molar-refractivity contribution in [3.63, 3.8) is 0 Å². The standard InChI is InChI=1S/C31H31ClFN3O6/c1-18(19-4-11-26(31(39)40)27(34)16-19)13-29(37)36-17-24(35-42-25-9-6-23(33)7-10-25)8-3-20(30(36)38)14-21-15-22(32)5-12-28(21)41-2/h4-7,9-12,15-16,18,20H,3,8,13-14,17,34H2,1-2H3,(H,39,40)/b35-24+/t18-,20?/m0/s1. The molecule has 0 aromatic heterocycles. The van der Waals surface area contributed by atoms with Gasteiger partial charge in [-0.2, -0.15) is 0 Å². The second kappa shape index (κ2) is 13.5. The summed E-state index contributed by atoms with van der Waals surface area (Å²) in [5.74, 6) is -2.38. The van der Waals surface area contributed by atoms with Crippen LogP contribution in [0, 0.1) is 11.7 Å². The lowest BCUT2D eigenvalue weighted by molar-refractivity contribution is -0.146. The molecule has 2 amide bonds. The maximum absolute atomic E-state index is 13.8. The zero-order valence-corrected chi connectivity index (χ0v) is 23.9. The van der Waals surface area contributed by atoms with Gasteiger partial charge >= 0.3 is 5.97 Å². The lowest BCUT2D eigenvalue weighted by atomic mass is 9.92. The first-order valence-corrected chi connectivity index (χ1v) is 13.7. The van der Waals surface area contributed by atoms with E-state index < -0.39 is 23.6 Å². The zero-order chi connectivity index (χ0) is 30.4. The maximum atomic E-state index is 13.8. The van der Waals surface area contributed by atoms with Crippen molar-refractivity contribution in [2.45, 2.75) is 38.5 Å². The fourth-order valence-electron chi connectivity index (χ4n) is 4.86. The monoisotopic (exact) mass is 595 g/mol. The largest absolute Gasteiger partial charge is 0.496 e. The van der Waals surface area contributed by atoms with E-state index in [1.165, 1.54) is 48.4 Å². The van der Waals surface area contributed by atoms with Crippen molar-refractivity contribution in [3.8, 4) is 11.5 Å². The van der Waals surface area contributed by atoms with E-state index in [0.29, 0.717) is 47.1 Å². The Morgan fingerprint density at radius 2 is 1.90 bits per heavy atom. The maximum Gasteiger partial charge on any atom is 0.337 e. The number of methoxy groups -OCH3 is 1. The van der Waals surface area contributed by atoms with Gasteiger partial charge in [0, 0.05) is 23.0 Å². The Hall–Kier alpha value is -4.44. The molecule has 220 valence electrons. The van der Waals surface area contributed by atoms with Crippen LogP contribution < -0.4 is 15.3 Å². The molecule has 1 fully saturated rings. The van der Waals surface area contributed by atoms with E-state index in [4.69, 9.17) is 26.9 Å². The van der Waals surface area contributed by atoms with Crippen LogP contribution in [0.1, 0.15) is 53.6 Å². The van der Waals surface area contributed by atoms with Crippen LogP contribution in [0.2, 0.25) is 5.02 Å². The molecule has 3 N–H and O–H groups in total. The van der Waals surface area contributed by atoms with Gasteiger partial charge in [-0.05, 0) is 90.9 Å². The first-order chi connectivity index (χ1) is 20.0. The van der Waals surface area contributed by atoms with Gasteiger partial charge in [-0.1, -0.05) is 29.7 Å². The van der Waals surface area contributed by atoms with Crippen molar-refractivity contribution in [2.24, 2.45) is 11.1 Å². The highest BCUT2D eigenvalue weighted by atomic mass is 35.5. The second-order valence-electron chi connectivity index (χ2n) is 10.2. The molecule has 0 saturated carbocycles. The minimum absolute atomic E-state index is 0.0266. The summed E-state index contributed by atoms with van der Waals surface area (Å²) in [5.41, 5.74) is 7.86. The molecule has 4 rings (SSSR count). The van der Waals surface area contributed by atoms with E-state index in [-0.39, 0.29) is 36.0 Å². The third-order valence-electron chi connectivity index (χ3n) is 7.20. The number of anilines is 1. The first kappa shape index (κ1) is 30.5. The smallest absolute Gasteiger partial charge is 0.337 e. The molecule has 1 unspecified atom stereocenters. The Labute approximate surface area is 247 Å². The van der Waals surface area contributed by atoms with Gasteiger partial charge in [0.05, 0.1) is 24.9 Å². The summed E-state index contributed by atoms with van der Waals surface area (Å²) in [6, 6.07) is 15.1. The number of carboxylic acid groups (broad SMARTS) is 1. The normalized spacial score (nSPS) is 17.0. The number of carboxylic acids is 1. The number of amides is 2.